The molecule has 1 saturated heterocycles. The average Bonchev–Trinajstić information content (AvgIpc) is 3.25. The van der Waals surface area contributed by atoms with Gasteiger partial charge in [-0.1, -0.05) is 17.7 Å². The van der Waals surface area contributed by atoms with Gasteiger partial charge in [-0.25, -0.2) is 0 Å². The van der Waals surface area contributed by atoms with Gasteiger partial charge < -0.3 is 15.5 Å². The number of nitrogens with zero attached hydrogens (tertiary/aromatic N) is 1. The topological polar surface area (TPSA) is 61.4 Å². The Hall–Kier alpha value is -1.59. The summed E-state index contributed by atoms with van der Waals surface area (Å²) in [6, 6.07) is 7.51. The van der Waals surface area contributed by atoms with Gasteiger partial charge in [-0.05, 0) is 50.8 Å². The van der Waals surface area contributed by atoms with Gasteiger partial charge in [-0.15, -0.1) is 12.4 Å². The Kier molecular flexibility index (Phi) is 6.02. The SMILES string of the molecule is Cc1ccc(N2CCC(NC(=O)CNCC3CC3)C2=O)cc1.Cl. The van der Waals surface area contributed by atoms with Crippen molar-refractivity contribution in [3.63, 3.8) is 0 Å². The van der Waals surface area contributed by atoms with Gasteiger partial charge in [0.15, 0.2) is 0 Å². The van der Waals surface area contributed by atoms with Crippen LogP contribution in [0.4, 0.5) is 5.69 Å². The third kappa shape index (κ3) is 4.69. The highest BCUT2D eigenvalue weighted by molar-refractivity contribution is 6.01. The molecule has 1 aliphatic heterocycles. The number of carbonyl (C=O) groups excluding carboxylic acids is 2. The summed E-state index contributed by atoms with van der Waals surface area (Å²) < 4.78 is 0. The monoisotopic (exact) mass is 337 g/mol. The highest BCUT2D eigenvalue weighted by Gasteiger charge is 2.33. The third-order valence-electron chi connectivity index (χ3n) is 4.30. The Morgan fingerprint density at radius 1 is 1.22 bits per heavy atom. The molecule has 2 fully saturated rings. The zero-order chi connectivity index (χ0) is 15.5. The summed E-state index contributed by atoms with van der Waals surface area (Å²) in [4.78, 5) is 26.1. The molecule has 6 heteroatoms. The summed E-state index contributed by atoms with van der Waals surface area (Å²) in [5, 5.41) is 5.99. The summed E-state index contributed by atoms with van der Waals surface area (Å²) in [6.45, 7) is 3.88. The van der Waals surface area contributed by atoms with Crippen LogP contribution in [-0.4, -0.2) is 37.5 Å². The maximum Gasteiger partial charge on any atom is 0.249 e. The largest absolute Gasteiger partial charge is 0.343 e. The smallest absolute Gasteiger partial charge is 0.249 e. The molecule has 3 rings (SSSR count). The Morgan fingerprint density at radius 3 is 2.57 bits per heavy atom. The van der Waals surface area contributed by atoms with Crippen LogP contribution in [0.25, 0.3) is 0 Å². The number of aryl methyl sites for hydroxylation is 1. The Labute approximate surface area is 143 Å². The van der Waals surface area contributed by atoms with Crippen LogP contribution < -0.4 is 15.5 Å². The number of benzene rings is 1. The van der Waals surface area contributed by atoms with Crippen LogP contribution in [0.15, 0.2) is 24.3 Å². The molecule has 0 bridgehead atoms. The quantitative estimate of drug-likeness (QED) is 0.829. The second-order valence-electron chi connectivity index (χ2n) is 6.31. The number of amides is 2. The van der Waals surface area contributed by atoms with Crippen molar-refractivity contribution in [3.8, 4) is 0 Å². The van der Waals surface area contributed by atoms with Crippen LogP contribution in [0.2, 0.25) is 0 Å². The molecule has 23 heavy (non-hydrogen) atoms. The standard InChI is InChI=1S/C17H23N3O2.ClH/c1-12-2-6-14(7-3-12)20-9-8-15(17(20)22)19-16(21)11-18-10-13-4-5-13;/h2-3,6-7,13,15,18H,4-5,8-11H2,1H3,(H,19,21);1H. The zero-order valence-corrected chi connectivity index (χ0v) is 14.2. The number of anilines is 1. The maximum absolute atomic E-state index is 12.4. The Morgan fingerprint density at radius 2 is 1.91 bits per heavy atom. The molecule has 0 spiro atoms. The Bertz CT molecular complexity index is 557. The predicted molar refractivity (Wildman–Crippen MR) is 92.9 cm³/mol. The van der Waals surface area contributed by atoms with E-state index in [0.717, 1.165) is 18.2 Å². The van der Waals surface area contributed by atoms with Crippen molar-refractivity contribution in [1.29, 1.82) is 0 Å². The number of hydrogen-bond donors (Lipinski definition) is 2. The number of hydrogen-bond acceptors (Lipinski definition) is 3. The van der Waals surface area contributed by atoms with Crippen molar-refractivity contribution in [2.45, 2.75) is 32.2 Å². The molecular formula is C17H24ClN3O2. The molecule has 2 N–H and O–H groups in total. The second-order valence-corrected chi connectivity index (χ2v) is 6.31. The molecular weight excluding hydrogens is 314 g/mol. The molecule has 1 heterocycles. The van der Waals surface area contributed by atoms with Crippen molar-refractivity contribution in [2.75, 3.05) is 24.5 Å². The van der Waals surface area contributed by atoms with E-state index in [1.54, 1.807) is 4.90 Å². The van der Waals surface area contributed by atoms with Gasteiger partial charge in [0.1, 0.15) is 6.04 Å². The molecule has 1 atom stereocenters. The van der Waals surface area contributed by atoms with Crippen LogP contribution in [0, 0.1) is 12.8 Å². The molecule has 2 amide bonds. The lowest BCUT2D eigenvalue weighted by Crippen LogP contribution is -2.45. The molecule has 1 saturated carbocycles. The average molecular weight is 338 g/mol. The van der Waals surface area contributed by atoms with Gasteiger partial charge in [0, 0.05) is 12.2 Å². The van der Waals surface area contributed by atoms with Gasteiger partial charge in [-0.2, -0.15) is 0 Å². The Balaban J connectivity index is 0.00000192. The summed E-state index contributed by atoms with van der Waals surface area (Å²) in [7, 11) is 0. The van der Waals surface area contributed by atoms with E-state index in [1.165, 1.54) is 18.4 Å². The number of rotatable bonds is 6. The summed E-state index contributed by atoms with van der Waals surface area (Å²) in [5.74, 6) is 0.641. The van der Waals surface area contributed by atoms with Crippen molar-refractivity contribution in [1.82, 2.24) is 10.6 Å². The summed E-state index contributed by atoms with van der Waals surface area (Å²) >= 11 is 0. The van der Waals surface area contributed by atoms with Gasteiger partial charge in [0.2, 0.25) is 11.8 Å². The maximum atomic E-state index is 12.4. The van der Waals surface area contributed by atoms with Gasteiger partial charge >= 0.3 is 0 Å². The molecule has 0 aromatic heterocycles. The van der Waals surface area contributed by atoms with Gasteiger partial charge in [0.05, 0.1) is 6.54 Å². The molecule has 2 aliphatic rings. The highest BCUT2D eigenvalue weighted by Crippen LogP contribution is 2.27. The van der Waals surface area contributed by atoms with Gasteiger partial charge in [0.25, 0.3) is 0 Å². The van der Waals surface area contributed by atoms with Crippen LogP contribution in [-0.2, 0) is 9.59 Å². The van der Waals surface area contributed by atoms with Crippen molar-refractivity contribution in [3.05, 3.63) is 29.8 Å². The van der Waals surface area contributed by atoms with Crippen LogP contribution in [0.5, 0.6) is 0 Å². The fraction of sp³-hybridized carbons (Fsp3) is 0.529. The van der Waals surface area contributed by atoms with E-state index in [1.807, 2.05) is 31.2 Å². The van der Waals surface area contributed by atoms with E-state index in [2.05, 4.69) is 10.6 Å². The number of carbonyl (C=O) groups is 2. The van der Waals surface area contributed by atoms with Gasteiger partial charge in [-0.3, -0.25) is 9.59 Å². The van der Waals surface area contributed by atoms with E-state index in [4.69, 9.17) is 0 Å². The fourth-order valence-electron chi connectivity index (χ4n) is 2.75. The molecule has 0 radical (unpaired) electrons. The van der Waals surface area contributed by atoms with Crippen LogP contribution >= 0.6 is 12.4 Å². The fourth-order valence-corrected chi connectivity index (χ4v) is 2.75. The van der Waals surface area contributed by atoms with Crippen LogP contribution in [0.3, 0.4) is 0 Å². The number of nitrogens with one attached hydrogen (secondary N) is 2. The summed E-state index contributed by atoms with van der Waals surface area (Å²) in [6.07, 6.45) is 3.20. The molecule has 1 aromatic rings. The lowest BCUT2D eigenvalue weighted by atomic mass is 10.2. The number of halogens is 1. The summed E-state index contributed by atoms with van der Waals surface area (Å²) in [5.41, 5.74) is 2.07. The third-order valence-corrected chi connectivity index (χ3v) is 4.30. The van der Waals surface area contributed by atoms with Crippen molar-refractivity contribution >= 4 is 29.9 Å². The zero-order valence-electron chi connectivity index (χ0n) is 13.4. The van der Waals surface area contributed by atoms with E-state index in [0.29, 0.717) is 19.5 Å². The molecule has 1 unspecified atom stereocenters. The van der Waals surface area contributed by atoms with E-state index in [-0.39, 0.29) is 24.2 Å². The normalized spacial score (nSPS) is 20.3. The first kappa shape index (κ1) is 17.8. The van der Waals surface area contributed by atoms with Crippen molar-refractivity contribution in [2.24, 2.45) is 5.92 Å². The highest BCUT2D eigenvalue weighted by atomic mass is 35.5. The molecule has 5 nitrogen and oxygen atoms in total. The minimum absolute atomic E-state index is 0. The first-order valence-corrected chi connectivity index (χ1v) is 8.01. The van der Waals surface area contributed by atoms with E-state index < -0.39 is 6.04 Å². The molecule has 126 valence electrons. The van der Waals surface area contributed by atoms with E-state index in [9.17, 15) is 9.59 Å². The second kappa shape index (κ2) is 7.79. The minimum Gasteiger partial charge on any atom is -0.343 e. The van der Waals surface area contributed by atoms with Crippen molar-refractivity contribution < 1.29 is 9.59 Å². The first-order chi connectivity index (χ1) is 10.6. The van der Waals surface area contributed by atoms with E-state index >= 15 is 0 Å². The lowest BCUT2D eigenvalue weighted by Gasteiger charge is -2.17. The first-order valence-electron chi connectivity index (χ1n) is 8.01. The molecule has 1 aliphatic carbocycles. The lowest BCUT2D eigenvalue weighted by molar-refractivity contribution is -0.125. The predicted octanol–water partition coefficient (Wildman–Crippen LogP) is 1.64. The minimum atomic E-state index is -0.392. The van der Waals surface area contributed by atoms with Crippen LogP contribution in [0.1, 0.15) is 24.8 Å². The molecule has 1 aromatic carbocycles.